The van der Waals surface area contributed by atoms with Crippen LogP contribution >= 0.6 is 0 Å². The SMILES string of the molecule is CCCOCC(NN)c1nccnc1OC. The molecular formula is C10H18N4O2. The summed E-state index contributed by atoms with van der Waals surface area (Å²) in [5.74, 6) is 5.92. The van der Waals surface area contributed by atoms with Crippen molar-refractivity contribution in [3.63, 3.8) is 0 Å². The largest absolute Gasteiger partial charge is 0.480 e. The van der Waals surface area contributed by atoms with Crippen molar-refractivity contribution in [1.82, 2.24) is 15.4 Å². The number of nitrogens with two attached hydrogens (primary N) is 1. The summed E-state index contributed by atoms with van der Waals surface area (Å²) in [6.07, 6.45) is 4.14. The Hall–Kier alpha value is -1.24. The molecule has 0 saturated heterocycles. The monoisotopic (exact) mass is 226 g/mol. The van der Waals surface area contributed by atoms with E-state index < -0.39 is 0 Å². The van der Waals surface area contributed by atoms with Crippen LogP contribution in [0.1, 0.15) is 25.1 Å². The van der Waals surface area contributed by atoms with Crippen molar-refractivity contribution in [1.29, 1.82) is 0 Å². The van der Waals surface area contributed by atoms with Crippen molar-refractivity contribution in [2.75, 3.05) is 20.3 Å². The first-order valence-electron chi connectivity index (χ1n) is 5.22. The van der Waals surface area contributed by atoms with E-state index in [-0.39, 0.29) is 6.04 Å². The fraction of sp³-hybridized carbons (Fsp3) is 0.600. The van der Waals surface area contributed by atoms with Crippen molar-refractivity contribution in [3.05, 3.63) is 18.1 Å². The van der Waals surface area contributed by atoms with Gasteiger partial charge in [-0.1, -0.05) is 6.92 Å². The molecule has 3 N–H and O–H groups in total. The van der Waals surface area contributed by atoms with Gasteiger partial charge >= 0.3 is 0 Å². The van der Waals surface area contributed by atoms with E-state index in [2.05, 4.69) is 15.4 Å². The number of aromatic nitrogens is 2. The van der Waals surface area contributed by atoms with Crippen LogP contribution in [0.4, 0.5) is 0 Å². The summed E-state index contributed by atoms with van der Waals surface area (Å²) in [4.78, 5) is 8.25. The normalized spacial score (nSPS) is 12.4. The molecule has 1 unspecified atom stereocenters. The van der Waals surface area contributed by atoms with Gasteiger partial charge < -0.3 is 9.47 Å². The van der Waals surface area contributed by atoms with E-state index in [0.717, 1.165) is 6.42 Å². The van der Waals surface area contributed by atoms with Crippen molar-refractivity contribution < 1.29 is 9.47 Å². The van der Waals surface area contributed by atoms with Gasteiger partial charge in [-0.25, -0.2) is 10.4 Å². The molecule has 1 aromatic rings. The Bertz CT molecular complexity index is 309. The molecule has 1 rings (SSSR count). The summed E-state index contributed by atoms with van der Waals surface area (Å²) in [7, 11) is 1.55. The van der Waals surface area contributed by atoms with E-state index in [1.807, 2.05) is 6.92 Å². The third-order valence-electron chi connectivity index (χ3n) is 2.05. The van der Waals surface area contributed by atoms with Crippen LogP contribution in [0.3, 0.4) is 0 Å². The smallest absolute Gasteiger partial charge is 0.237 e. The molecule has 0 radical (unpaired) electrons. The predicted molar refractivity (Wildman–Crippen MR) is 59.8 cm³/mol. The molecule has 6 nitrogen and oxygen atoms in total. The second-order valence-corrected chi connectivity index (χ2v) is 3.25. The van der Waals surface area contributed by atoms with E-state index in [1.54, 1.807) is 19.5 Å². The van der Waals surface area contributed by atoms with E-state index in [1.165, 1.54) is 0 Å². The lowest BCUT2D eigenvalue weighted by molar-refractivity contribution is 0.110. The fourth-order valence-corrected chi connectivity index (χ4v) is 1.28. The first kappa shape index (κ1) is 12.8. The maximum absolute atomic E-state index is 5.46. The molecule has 0 saturated carbocycles. The Morgan fingerprint density at radius 2 is 2.19 bits per heavy atom. The van der Waals surface area contributed by atoms with Crippen LogP contribution in [0.15, 0.2) is 12.4 Å². The Kier molecular flexibility index (Phi) is 5.69. The molecule has 0 aromatic carbocycles. The van der Waals surface area contributed by atoms with Gasteiger partial charge in [-0.15, -0.1) is 0 Å². The number of hydrogen-bond donors (Lipinski definition) is 2. The van der Waals surface area contributed by atoms with E-state index in [4.69, 9.17) is 15.3 Å². The summed E-state index contributed by atoms with van der Waals surface area (Å²) in [6, 6.07) is -0.213. The Labute approximate surface area is 95.1 Å². The molecule has 1 heterocycles. The molecule has 0 aliphatic heterocycles. The van der Waals surface area contributed by atoms with Crippen LogP contribution < -0.4 is 16.0 Å². The zero-order valence-corrected chi connectivity index (χ0v) is 9.64. The van der Waals surface area contributed by atoms with Gasteiger partial charge in [-0.05, 0) is 6.42 Å². The maximum atomic E-state index is 5.46. The minimum atomic E-state index is -0.213. The van der Waals surface area contributed by atoms with Crippen molar-refractivity contribution in [3.8, 4) is 5.88 Å². The van der Waals surface area contributed by atoms with Gasteiger partial charge in [-0.3, -0.25) is 10.8 Å². The highest BCUT2D eigenvalue weighted by Crippen LogP contribution is 2.19. The molecule has 0 bridgehead atoms. The molecule has 6 heteroatoms. The van der Waals surface area contributed by atoms with Crippen molar-refractivity contribution >= 4 is 0 Å². The highest BCUT2D eigenvalue weighted by molar-refractivity contribution is 5.20. The van der Waals surface area contributed by atoms with Crippen LogP contribution in [-0.4, -0.2) is 30.3 Å². The van der Waals surface area contributed by atoms with Crippen LogP contribution in [0.2, 0.25) is 0 Å². The van der Waals surface area contributed by atoms with Crippen LogP contribution in [0, 0.1) is 0 Å². The standard InChI is InChI=1S/C10H18N4O2/c1-3-6-16-7-8(14-11)9-10(15-2)13-5-4-12-9/h4-5,8,14H,3,6-7,11H2,1-2H3. The number of nitrogens with zero attached hydrogens (tertiary/aromatic N) is 2. The molecule has 1 atom stereocenters. The summed E-state index contributed by atoms with van der Waals surface area (Å²) in [6.45, 7) is 3.19. The molecule has 0 fully saturated rings. The van der Waals surface area contributed by atoms with Gasteiger partial charge in [0.2, 0.25) is 5.88 Å². The minimum Gasteiger partial charge on any atom is -0.480 e. The minimum absolute atomic E-state index is 0.213. The summed E-state index contributed by atoms with van der Waals surface area (Å²) >= 11 is 0. The second-order valence-electron chi connectivity index (χ2n) is 3.25. The fourth-order valence-electron chi connectivity index (χ4n) is 1.28. The van der Waals surface area contributed by atoms with Crippen molar-refractivity contribution in [2.24, 2.45) is 5.84 Å². The molecule has 0 spiro atoms. The molecule has 0 aliphatic rings. The van der Waals surface area contributed by atoms with Crippen molar-refractivity contribution in [2.45, 2.75) is 19.4 Å². The number of ether oxygens (including phenoxy) is 2. The van der Waals surface area contributed by atoms with Gasteiger partial charge in [0.05, 0.1) is 19.8 Å². The average molecular weight is 226 g/mol. The molecule has 0 aliphatic carbocycles. The zero-order valence-electron chi connectivity index (χ0n) is 9.64. The van der Waals surface area contributed by atoms with Crippen LogP contribution in [0.5, 0.6) is 5.88 Å². The highest BCUT2D eigenvalue weighted by Gasteiger charge is 2.17. The second kappa shape index (κ2) is 7.10. The molecule has 0 amide bonds. The molecule has 1 aromatic heterocycles. The first-order valence-corrected chi connectivity index (χ1v) is 5.22. The van der Waals surface area contributed by atoms with Gasteiger partial charge in [0.1, 0.15) is 5.69 Å². The highest BCUT2D eigenvalue weighted by atomic mass is 16.5. The Balaban J connectivity index is 2.69. The Morgan fingerprint density at radius 3 is 2.81 bits per heavy atom. The quantitative estimate of drug-likeness (QED) is 0.398. The van der Waals surface area contributed by atoms with Gasteiger partial charge in [0, 0.05) is 19.0 Å². The summed E-state index contributed by atoms with van der Waals surface area (Å²) in [5.41, 5.74) is 3.30. The first-order chi connectivity index (χ1) is 7.83. The average Bonchev–Trinajstić information content (AvgIpc) is 2.35. The Morgan fingerprint density at radius 1 is 1.44 bits per heavy atom. The molecular weight excluding hydrogens is 208 g/mol. The summed E-state index contributed by atoms with van der Waals surface area (Å²) < 4.78 is 10.5. The van der Waals surface area contributed by atoms with E-state index in [9.17, 15) is 0 Å². The molecule has 16 heavy (non-hydrogen) atoms. The topological polar surface area (TPSA) is 82.3 Å². The maximum Gasteiger partial charge on any atom is 0.237 e. The van der Waals surface area contributed by atoms with Gasteiger partial charge in [-0.2, -0.15) is 0 Å². The lowest BCUT2D eigenvalue weighted by Crippen LogP contribution is -2.32. The van der Waals surface area contributed by atoms with E-state index >= 15 is 0 Å². The summed E-state index contributed by atoms with van der Waals surface area (Å²) in [5, 5.41) is 0. The van der Waals surface area contributed by atoms with Gasteiger partial charge in [0.15, 0.2) is 0 Å². The van der Waals surface area contributed by atoms with Crippen LogP contribution in [0.25, 0.3) is 0 Å². The number of hydrogen-bond acceptors (Lipinski definition) is 6. The number of hydrazine groups is 1. The van der Waals surface area contributed by atoms with E-state index in [0.29, 0.717) is 24.8 Å². The predicted octanol–water partition coefficient (Wildman–Crippen LogP) is 0.416. The third-order valence-corrected chi connectivity index (χ3v) is 2.05. The number of nitrogens with one attached hydrogen (secondary N) is 1. The van der Waals surface area contributed by atoms with Crippen LogP contribution in [-0.2, 0) is 4.74 Å². The third kappa shape index (κ3) is 3.41. The zero-order chi connectivity index (χ0) is 11.8. The number of rotatable bonds is 7. The lowest BCUT2D eigenvalue weighted by Gasteiger charge is -2.16. The van der Waals surface area contributed by atoms with Gasteiger partial charge in [0.25, 0.3) is 0 Å². The molecule has 90 valence electrons. The number of methoxy groups -OCH3 is 1. The lowest BCUT2D eigenvalue weighted by atomic mass is 10.2.